The first-order chi connectivity index (χ1) is 12.0. The van der Waals surface area contributed by atoms with Crippen LogP contribution in [-0.4, -0.2) is 62.0 Å². The number of unbranched alkanes of at least 4 members (excludes halogenated alkanes) is 1. The molecule has 1 aromatic rings. The van der Waals surface area contributed by atoms with Crippen LogP contribution in [-0.2, 0) is 16.6 Å². The standard InChI is InChI=1S/C18H29N3O3S/c1-3-5-10-19-18(22)17-8-6-16(7-9-17)15-20-11-13-21(14-12-20)25(23,24)4-2/h6-9H,3-5,10-15H2,1-2H3,(H,19,22). The highest BCUT2D eigenvalue weighted by Gasteiger charge is 2.25. The summed E-state index contributed by atoms with van der Waals surface area (Å²) in [5.41, 5.74) is 1.82. The second kappa shape index (κ2) is 9.31. The Kier molecular flexibility index (Phi) is 7.40. The minimum atomic E-state index is -3.08. The Bertz CT molecular complexity index is 651. The van der Waals surface area contributed by atoms with E-state index >= 15 is 0 Å². The maximum atomic E-state index is 12.0. The number of carbonyl (C=O) groups excluding carboxylic acids is 1. The first-order valence-corrected chi connectivity index (χ1v) is 10.6. The summed E-state index contributed by atoms with van der Waals surface area (Å²) in [7, 11) is -3.08. The molecule has 0 bridgehead atoms. The van der Waals surface area contributed by atoms with E-state index in [0.717, 1.165) is 38.0 Å². The summed E-state index contributed by atoms with van der Waals surface area (Å²) >= 11 is 0. The van der Waals surface area contributed by atoms with E-state index in [0.29, 0.717) is 25.2 Å². The van der Waals surface area contributed by atoms with Gasteiger partial charge in [0.25, 0.3) is 5.91 Å². The molecule has 0 aliphatic carbocycles. The Balaban J connectivity index is 1.83. The van der Waals surface area contributed by atoms with E-state index in [1.807, 2.05) is 24.3 Å². The monoisotopic (exact) mass is 367 g/mol. The molecule has 0 radical (unpaired) electrons. The molecule has 1 saturated heterocycles. The van der Waals surface area contributed by atoms with Gasteiger partial charge in [-0.1, -0.05) is 25.5 Å². The van der Waals surface area contributed by atoms with Gasteiger partial charge in [0.15, 0.2) is 0 Å². The van der Waals surface area contributed by atoms with Crippen molar-refractivity contribution in [3.8, 4) is 0 Å². The largest absolute Gasteiger partial charge is 0.352 e. The Hall–Kier alpha value is -1.44. The van der Waals surface area contributed by atoms with Crippen molar-refractivity contribution >= 4 is 15.9 Å². The van der Waals surface area contributed by atoms with Gasteiger partial charge in [0.1, 0.15) is 0 Å². The predicted octanol–water partition coefficient (Wildman–Crippen LogP) is 1.68. The van der Waals surface area contributed by atoms with Crippen LogP contribution in [0.4, 0.5) is 0 Å². The quantitative estimate of drug-likeness (QED) is 0.710. The molecule has 1 amide bonds. The van der Waals surface area contributed by atoms with Crippen LogP contribution in [0.15, 0.2) is 24.3 Å². The second-order valence-electron chi connectivity index (χ2n) is 6.38. The number of benzene rings is 1. The molecule has 2 rings (SSSR count). The van der Waals surface area contributed by atoms with Crippen molar-refractivity contribution in [3.05, 3.63) is 35.4 Å². The molecule has 140 valence electrons. The highest BCUT2D eigenvalue weighted by molar-refractivity contribution is 7.89. The molecule has 1 heterocycles. The fraction of sp³-hybridized carbons (Fsp3) is 0.611. The van der Waals surface area contributed by atoms with E-state index in [9.17, 15) is 13.2 Å². The maximum absolute atomic E-state index is 12.0. The fourth-order valence-electron chi connectivity index (χ4n) is 2.85. The number of carbonyl (C=O) groups is 1. The number of sulfonamides is 1. The van der Waals surface area contributed by atoms with Crippen molar-refractivity contribution in [1.29, 1.82) is 0 Å². The smallest absolute Gasteiger partial charge is 0.251 e. The molecular weight excluding hydrogens is 338 g/mol. The molecule has 1 N–H and O–H groups in total. The van der Waals surface area contributed by atoms with Crippen LogP contribution in [0.25, 0.3) is 0 Å². The van der Waals surface area contributed by atoms with Crippen molar-refractivity contribution in [2.24, 2.45) is 0 Å². The topological polar surface area (TPSA) is 69.7 Å². The number of amides is 1. The molecule has 1 aromatic carbocycles. The van der Waals surface area contributed by atoms with Crippen LogP contribution < -0.4 is 5.32 Å². The lowest BCUT2D eigenvalue weighted by atomic mass is 10.1. The Morgan fingerprint density at radius 1 is 1.08 bits per heavy atom. The summed E-state index contributed by atoms with van der Waals surface area (Å²) in [5.74, 6) is 0.132. The third-order valence-electron chi connectivity index (χ3n) is 4.53. The predicted molar refractivity (Wildman–Crippen MR) is 100.0 cm³/mol. The zero-order chi connectivity index (χ0) is 18.3. The van der Waals surface area contributed by atoms with E-state index < -0.39 is 10.0 Å². The molecule has 1 aliphatic rings. The molecular formula is C18H29N3O3S. The SMILES string of the molecule is CCCCNC(=O)c1ccc(CN2CCN(S(=O)(=O)CC)CC2)cc1. The second-order valence-corrected chi connectivity index (χ2v) is 8.64. The molecule has 0 saturated carbocycles. The molecule has 25 heavy (non-hydrogen) atoms. The molecule has 6 nitrogen and oxygen atoms in total. The van der Waals surface area contributed by atoms with E-state index in [1.165, 1.54) is 0 Å². The van der Waals surface area contributed by atoms with Crippen molar-refractivity contribution in [1.82, 2.24) is 14.5 Å². The summed E-state index contributed by atoms with van der Waals surface area (Å²) in [6.45, 7) is 7.83. The van der Waals surface area contributed by atoms with Crippen LogP contribution in [0.1, 0.15) is 42.6 Å². The fourth-order valence-corrected chi connectivity index (χ4v) is 3.93. The number of piperazine rings is 1. The molecule has 0 aromatic heterocycles. The summed E-state index contributed by atoms with van der Waals surface area (Å²) in [6.07, 6.45) is 2.05. The van der Waals surface area contributed by atoms with Crippen LogP contribution >= 0.6 is 0 Å². The van der Waals surface area contributed by atoms with Crippen LogP contribution in [0.3, 0.4) is 0 Å². The highest BCUT2D eigenvalue weighted by atomic mass is 32.2. The number of nitrogens with zero attached hydrogens (tertiary/aromatic N) is 2. The van der Waals surface area contributed by atoms with Crippen molar-refractivity contribution in [3.63, 3.8) is 0 Å². The summed E-state index contributed by atoms with van der Waals surface area (Å²) in [4.78, 5) is 14.2. The lowest BCUT2D eigenvalue weighted by Crippen LogP contribution is -2.48. The van der Waals surface area contributed by atoms with Crippen molar-refractivity contribution in [2.75, 3.05) is 38.5 Å². The van der Waals surface area contributed by atoms with Gasteiger partial charge in [-0.2, -0.15) is 4.31 Å². The van der Waals surface area contributed by atoms with E-state index in [1.54, 1.807) is 11.2 Å². The van der Waals surface area contributed by atoms with Gasteiger partial charge in [0.2, 0.25) is 10.0 Å². The Morgan fingerprint density at radius 3 is 2.28 bits per heavy atom. The molecule has 0 unspecified atom stereocenters. The number of nitrogens with one attached hydrogen (secondary N) is 1. The minimum absolute atomic E-state index is 0.0293. The first-order valence-electron chi connectivity index (χ1n) is 9.03. The van der Waals surface area contributed by atoms with Crippen LogP contribution in [0, 0.1) is 0 Å². The summed E-state index contributed by atoms with van der Waals surface area (Å²) < 4.78 is 25.3. The van der Waals surface area contributed by atoms with Crippen LogP contribution in [0.2, 0.25) is 0 Å². The van der Waals surface area contributed by atoms with Crippen molar-refractivity contribution < 1.29 is 13.2 Å². The van der Waals surface area contributed by atoms with E-state index in [4.69, 9.17) is 0 Å². The van der Waals surface area contributed by atoms with Gasteiger partial charge in [0.05, 0.1) is 5.75 Å². The number of hydrogen-bond acceptors (Lipinski definition) is 4. The molecule has 1 fully saturated rings. The summed E-state index contributed by atoms with van der Waals surface area (Å²) in [5, 5.41) is 2.91. The zero-order valence-corrected chi connectivity index (χ0v) is 16.0. The van der Waals surface area contributed by atoms with Gasteiger partial charge in [-0.15, -0.1) is 0 Å². The summed E-state index contributed by atoms with van der Waals surface area (Å²) in [6, 6.07) is 7.66. The zero-order valence-electron chi connectivity index (χ0n) is 15.2. The highest BCUT2D eigenvalue weighted by Crippen LogP contribution is 2.12. The van der Waals surface area contributed by atoms with Gasteiger partial charge >= 0.3 is 0 Å². The van der Waals surface area contributed by atoms with E-state index in [2.05, 4.69) is 17.1 Å². The molecule has 7 heteroatoms. The molecule has 0 atom stereocenters. The average Bonchev–Trinajstić information content (AvgIpc) is 2.63. The Labute approximate surface area is 151 Å². The third kappa shape index (κ3) is 5.80. The van der Waals surface area contributed by atoms with Crippen LogP contribution in [0.5, 0.6) is 0 Å². The maximum Gasteiger partial charge on any atom is 0.251 e. The minimum Gasteiger partial charge on any atom is -0.352 e. The van der Waals surface area contributed by atoms with Gasteiger partial charge in [-0.25, -0.2) is 8.42 Å². The number of rotatable bonds is 8. The van der Waals surface area contributed by atoms with Gasteiger partial charge < -0.3 is 5.32 Å². The Morgan fingerprint density at radius 2 is 1.72 bits per heavy atom. The normalized spacial score (nSPS) is 16.7. The average molecular weight is 368 g/mol. The number of hydrogen-bond donors (Lipinski definition) is 1. The molecule has 0 spiro atoms. The lowest BCUT2D eigenvalue weighted by molar-refractivity contribution is 0.0953. The van der Waals surface area contributed by atoms with Gasteiger partial charge in [-0.05, 0) is 31.0 Å². The first kappa shape index (κ1) is 19.9. The van der Waals surface area contributed by atoms with Crippen molar-refractivity contribution in [2.45, 2.75) is 33.2 Å². The third-order valence-corrected chi connectivity index (χ3v) is 6.41. The van der Waals surface area contributed by atoms with Gasteiger partial charge in [-0.3, -0.25) is 9.69 Å². The lowest BCUT2D eigenvalue weighted by Gasteiger charge is -2.33. The molecule has 1 aliphatic heterocycles. The van der Waals surface area contributed by atoms with Gasteiger partial charge in [0, 0.05) is 44.8 Å². The van der Waals surface area contributed by atoms with E-state index in [-0.39, 0.29) is 11.7 Å².